The van der Waals surface area contributed by atoms with E-state index in [4.69, 9.17) is 12.6 Å². The Morgan fingerprint density at radius 3 is 2.24 bits per heavy atom. The highest BCUT2D eigenvalue weighted by Gasteiger charge is 2.52. The molecule has 6 rings (SSSR count). The average Bonchev–Trinajstić information content (AvgIpc) is 2.65. The Morgan fingerprint density at radius 1 is 0.966 bits per heavy atom. The maximum Gasteiger partial charge on any atom is 0.123 e. The van der Waals surface area contributed by atoms with E-state index in [9.17, 15) is 5.11 Å². The molecule has 0 radical (unpaired) electrons. The van der Waals surface area contributed by atoms with E-state index in [1.165, 1.54) is 82.6 Å². The quantitative estimate of drug-likeness (QED) is 0.415. The first-order valence-corrected chi connectivity index (χ1v) is 14.2. The fourth-order valence-electron chi connectivity index (χ4n) is 7.43. The van der Waals surface area contributed by atoms with Crippen molar-refractivity contribution in [3.05, 3.63) is 27.7 Å². The van der Waals surface area contributed by atoms with Crippen LogP contribution in [0.25, 0.3) is 0 Å². The predicted molar refractivity (Wildman–Crippen MR) is 131 cm³/mol. The topological polar surface area (TPSA) is 20.2 Å². The minimum atomic E-state index is 0.244. The molecule has 4 bridgehead atoms. The van der Waals surface area contributed by atoms with Crippen LogP contribution in [-0.2, 0) is 11.2 Å². The van der Waals surface area contributed by atoms with Crippen molar-refractivity contribution in [2.75, 3.05) is 0 Å². The summed E-state index contributed by atoms with van der Waals surface area (Å²) in [6.45, 7) is 0. The van der Waals surface area contributed by atoms with Gasteiger partial charge in [-0.05, 0) is 86.7 Å². The summed E-state index contributed by atoms with van der Waals surface area (Å²) in [6, 6.07) is 4.43. The fourth-order valence-corrected chi connectivity index (χ4v) is 9.83. The summed E-state index contributed by atoms with van der Waals surface area (Å²) in [5.74, 6) is 4.22. The first-order chi connectivity index (χ1) is 14.0. The van der Waals surface area contributed by atoms with Crippen LogP contribution in [0.3, 0.4) is 0 Å². The van der Waals surface area contributed by atoms with Crippen LogP contribution in [0, 0.1) is 17.8 Å². The molecular formula is C25H35BrOS2. The lowest BCUT2D eigenvalue weighted by Gasteiger charge is -2.57. The van der Waals surface area contributed by atoms with Gasteiger partial charge in [0.25, 0.3) is 0 Å². The molecule has 5 fully saturated rings. The highest BCUT2D eigenvalue weighted by Crippen LogP contribution is 2.62. The molecule has 5 aliphatic rings. The summed E-state index contributed by atoms with van der Waals surface area (Å²) >= 11 is 10.8. The molecule has 0 amide bonds. The van der Waals surface area contributed by atoms with Crippen LogP contribution in [0.1, 0.15) is 88.2 Å². The lowest BCUT2D eigenvalue weighted by atomic mass is 9.48. The Labute approximate surface area is 194 Å². The average molecular weight is 496 g/mol. The second-order valence-corrected chi connectivity index (χ2v) is 13.4. The zero-order chi connectivity index (χ0) is 20.0. The first-order valence-electron chi connectivity index (χ1n) is 11.8. The fraction of sp³-hybridized carbons (Fsp3) is 0.760. The number of aromatic hydroxyl groups is 1. The van der Waals surface area contributed by atoms with E-state index in [0.717, 1.165) is 33.5 Å². The van der Waals surface area contributed by atoms with E-state index in [1.807, 2.05) is 11.8 Å². The molecule has 160 valence electrons. The lowest BCUT2D eigenvalue weighted by molar-refractivity contribution is -0.00620. The summed E-state index contributed by atoms with van der Waals surface area (Å²) in [6.07, 6.45) is 16.2. The van der Waals surface area contributed by atoms with Gasteiger partial charge in [-0.1, -0.05) is 41.6 Å². The van der Waals surface area contributed by atoms with Gasteiger partial charge in [-0.25, -0.2) is 0 Å². The zero-order valence-corrected chi connectivity index (χ0v) is 20.7. The normalized spacial score (nSPS) is 39.3. The van der Waals surface area contributed by atoms with Crippen molar-refractivity contribution in [1.82, 2.24) is 0 Å². The third-order valence-electron chi connectivity index (χ3n) is 8.38. The second kappa shape index (κ2) is 8.62. The maximum atomic E-state index is 11.4. The molecule has 1 aromatic carbocycles. The van der Waals surface area contributed by atoms with E-state index < -0.39 is 0 Å². The van der Waals surface area contributed by atoms with Gasteiger partial charge in [-0.15, -0.1) is 0 Å². The largest absolute Gasteiger partial charge is 0.507 e. The van der Waals surface area contributed by atoms with E-state index in [0.29, 0.717) is 16.2 Å². The molecule has 0 saturated heterocycles. The van der Waals surface area contributed by atoms with Crippen LogP contribution >= 0.6 is 40.3 Å². The van der Waals surface area contributed by atoms with Crippen LogP contribution in [0.4, 0.5) is 0 Å². The van der Waals surface area contributed by atoms with Crippen molar-refractivity contribution in [2.24, 2.45) is 17.8 Å². The standard InChI is InChI=1S/C25H35BrOS2/c26-20-10-19(15-29-23-6-4-2-1-3-5-22(23)28)24(27)21(11-20)25-12-16-7-17(13-25)9-18(8-16)14-25/h10-11,16-18,22-23,27-28H,1-9,12-15H2/t16?,17?,18?,22-,23-,25?/m1/s1. The van der Waals surface area contributed by atoms with Gasteiger partial charge in [0.05, 0.1) is 0 Å². The van der Waals surface area contributed by atoms with Crippen LogP contribution in [0.2, 0.25) is 0 Å². The van der Waals surface area contributed by atoms with Crippen molar-refractivity contribution in [3.63, 3.8) is 0 Å². The Hall–Kier alpha value is 0.200. The van der Waals surface area contributed by atoms with Crippen LogP contribution in [0.5, 0.6) is 5.75 Å². The molecule has 1 nitrogen and oxygen atoms in total. The molecule has 29 heavy (non-hydrogen) atoms. The minimum absolute atomic E-state index is 0.244. The summed E-state index contributed by atoms with van der Waals surface area (Å²) in [5, 5.41) is 12.5. The summed E-state index contributed by atoms with van der Waals surface area (Å²) < 4.78 is 1.15. The van der Waals surface area contributed by atoms with Crippen LogP contribution in [-0.4, -0.2) is 15.6 Å². The Bertz CT molecular complexity index is 713. The molecule has 1 aromatic rings. The number of phenolic OH excluding ortho intramolecular Hbond substituents is 1. The number of benzene rings is 1. The van der Waals surface area contributed by atoms with Crippen molar-refractivity contribution < 1.29 is 5.11 Å². The molecule has 2 atom stereocenters. The molecule has 5 saturated carbocycles. The predicted octanol–water partition coefficient (Wildman–Crippen LogP) is 7.88. The zero-order valence-electron chi connectivity index (χ0n) is 17.4. The third-order valence-corrected chi connectivity index (χ3v) is 11.1. The van der Waals surface area contributed by atoms with Gasteiger partial charge in [0, 0.05) is 31.9 Å². The van der Waals surface area contributed by atoms with E-state index in [1.54, 1.807) is 0 Å². The summed E-state index contributed by atoms with van der Waals surface area (Å²) in [7, 11) is 0. The van der Waals surface area contributed by atoms with Gasteiger partial charge in [-0.3, -0.25) is 0 Å². The SMILES string of the molecule is Oc1c(CS[C@@H]2CCCCCC[C@H]2S)cc(Br)cc1C12CC3CC(CC(C3)C1)C2. The number of hydrogen-bond donors (Lipinski definition) is 2. The Kier molecular flexibility index (Phi) is 6.26. The molecule has 0 heterocycles. The first kappa shape index (κ1) is 21.1. The smallest absolute Gasteiger partial charge is 0.123 e. The summed E-state index contributed by atoms with van der Waals surface area (Å²) in [5.41, 5.74) is 2.65. The molecule has 0 spiro atoms. The highest BCUT2D eigenvalue weighted by atomic mass is 79.9. The number of thiol groups is 1. The number of thioether (sulfide) groups is 1. The molecule has 0 aromatic heterocycles. The molecule has 0 unspecified atom stereocenters. The third kappa shape index (κ3) is 4.29. The van der Waals surface area contributed by atoms with Crippen molar-refractivity contribution in [1.29, 1.82) is 0 Å². The maximum absolute atomic E-state index is 11.4. The number of phenols is 1. The highest BCUT2D eigenvalue weighted by molar-refractivity contribution is 9.10. The second-order valence-electron chi connectivity index (χ2n) is 10.6. The van der Waals surface area contributed by atoms with Gasteiger partial charge in [0.15, 0.2) is 0 Å². The number of hydrogen-bond acceptors (Lipinski definition) is 3. The van der Waals surface area contributed by atoms with Crippen LogP contribution in [0.15, 0.2) is 16.6 Å². The monoisotopic (exact) mass is 494 g/mol. The van der Waals surface area contributed by atoms with Gasteiger partial charge < -0.3 is 5.11 Å². The van der Waals surface area contributed by atoms with Gasteiger partial charge in [0.2, 0.25) is 0 Å². The minimum Gasteiger partial charge on any atom is -0.507 e. The molecule has 1 N–H and O–H groups in total. The number of halogens is 1. The van der Waals surface area contributed by atoms with E-state index in [-0.39, 0.29) is 5.41 Å². The molecule has 5 aliphatic carbocycles. The molecule has 0 aliphatic heterocycles. The summed E-state index contributed by atoms with van der Waals surface area (Å²) in [4.78, 5) is 0. The Balaban J connectivity index is 1.37. The van der Waals surface area contributed by atoms with Gasteiger partial charge in [-0.2, -0.15) is 24.4 Å². The van der Waals surface area contributed by atoms with Gasteiger partial charge in [0.1, 0.15) is 5.75 Å². The van der Waals surface area contributed by atoms with E-state index in [2.05, 4.69) is 28.1 Å². The van der Waals surface area contributed by atoms with Crippen LogP contribution < -0.4 is 0 Å². The Morgan fingerprint density at radius 2 is 1.59 bits per heavy atom. The van der Waals surface area contributed by atoms with Crippen molar-refractivity contribution in [3.8, 4) is 5.75 Å². The molecular weight excluding hydrogens is 460 g/mol. The number of rotatable bonds is 4. The van der Waals surface area contributed by atoms with Crippen molar-refractivity contribution >= 4 is 40.3 Å². The molecule has 4 heteroatoms. The van der Waals surface area contributed by atoms with Crippen molar-refractivity contribution in [2.45, 2.75) is 98.7 Å². The lowest BCUT2D eigenvalue weighted by Crippen LogP contribution is -2.48. The van der Waals surface area contributed by atoms with Gasteiger partial charge >= 0.3 is 0 Å². The van der Waals surface area contributed by atoms with E-state index >= 15 is 0 Å².